The van der Waals surface area contributed by atoms with Gasteiger partial charge in [0, 0.05) is 35.1 Å². The summed E-state index contributed by atoms with van der Waals surface area (Å²) in [5.41, 5.74) is 3.46. The first kappa shape index (κ1) is 23.3. The van der Waals surface area contributed by atoms with Gasteiger partial charge in [0.25, 0.3) is 0 Å². The Morgan fingerprint density at radius 1 is 1.06 bits per heavy atom. The number of benzene rings is 3. The standard InChI is InChI=1S/C27H28N4O3S/c1-35(32,33)24-13-7-19(8-14-24)25-6-2-4-20-18-29-27(31-26(20)25)30-22-9-11-23(12-10-22)34-17-15-21-5-3-16-28-21/h2,4,6-14,18,21,28H,3,5,15-17H2,1H3,(H,29,30,31). The highest BCUT2D eigenvalue weighted by Crippen LogP contribution is 2.29. The summed E-state index contributed by atoms with van der Waals surface area (Å²) in [5, 5.41) is 7.65. The van der Waals surface area contributed by atoms with E-state index in [2.05, 4.69) is 15.6 Å². The number of hydrogen-bond acceptors (Lipinski definition) is 7. The van der Waals surface area contributed by atoms with E-state index in [-0.39, 0.29) is 0 Å². The van der Waals surface area contributed by atoms with Crippen molar-refractivity contribution in [2.75, 3.05) is 24.7 Å². The predicted molar refractivity (Wildman–Crippen MR) is 139 cm³/mol. The van der Waals surface area contributed by atoms with Crippen LogP contribution < -0.4 is 15.4 Å². The largest absolute Gasteiger partial charge is 0.494 e. The highest BCUT2D eigenvalue weighted by atomic mass is 32.2. The van der Waals surface area contributed by atoms with Gasteiger partial charge in [-0.25, -0.2) is 18.4 Å². The third kappa shape index (κ3) is 5.61. The molecule has 5 rings (SSSR count). The molecular weight excluding hydrogens is 460 g/mol. The summed E-state index contributed by atoms with van der Waals surface area (Å²) in [6.07, 6.45) is 6.49. The molecule has 0 saturated carbocycles. The zero-order valence-electron chi connectivity index (χ0n) is 19.6. The van der Waals surface area contributed by atoms with E-state index in [0.717, 1.165) is 46.4 Å². The van der Waals surface area contributed by atoms with Gasteiger partial charge in [-0.3, -0.25) is 0 Å². The number of anilines is 2. The van der Waals surface area contributed by atoms with Crippen molar-refractivity contribution in [3.8, 4) is 16.9 Å². The topological polar surface area (TPSA) is 93.2 Å². The zero-order chi connectivity index (χ0) is 24.3. The van der Waals surface area contributed by atoms with E-state index in [9.17, 15) is 8.42 Å². The number of fused-ring (bicyclic) bond motifs is 1. The van der Waals surface area contributed by atoms with Crippen molar-refractivity contribution in [2.24, 2.45) is 0 Å². The highest BCUT2D eigenvalue weighted by Gasteiger charge is 2.14. The van der Waals surface area contributed by atoms with Crippen LogP contribution in [0.4, 0.5) is 11.6 Å². The molecule has 1 saturated heterocycles. The quantitative estimate of drug-likeness (QED) is 0.362. The van der Waals surface area contributed by atoms with Crippen molar-refractivity contribution < 1.29 is 13.2 Å². The first-order valence-electron chi connectivity index (χ1n) is 11.8. The molecule has 2 heterocycles. The van der Waals surface area contributed by atoms with E-state index in [1.807, 2.05) is 54.6 Å². The maximum atomic E-state index is 11.8. The molecule has 1 unspecified atom stereocenters. The predicted octanol–water partition coefficient (Wildman–Crippen LogP) is 4.96. The van der Waals surface area contributed by atoms with E-state index >= 15 is 0 Å². The number of para-hydroxylation sites is 1. The van der Waals surface area contributed by atoms with Gasteiger partial charge >= 0.3 is 0 Å². The molecule has 1 fully saturated rings. The minimum absolute atomic E-state index is 0.293. The van der Waals surface area contributed by atoms with Crippen LogP contribution in [-0.4, -0.2) is 43.8 Å². The van der Waals surface area contributed by atoms with Crippen LogP contribution >= 0.6 is 0 Å². The van der Waals surface area contributed by atoms with E-state index < -0.39 is 9.84 Å². The Morgan fingerprint density at radius 3 is 2.57 bits per heavy atom. The van der Waals surface area contributed by atoms with Crippen molar-refractivity contribution in [3.05, 3.63) is 72.9 Å². The van der Waals surface area contributed by atoms with Crippen molar-refractivity contribution >= 4 is 32.4 Å². The second-order valence-electron chi connectivity index (χ2n) is 8.81. The Bertz CT molecular complexity index is 1420. The number of ether oxygens (including phenoxy) is 1. The van der Waals surface area contributed by atoms with E-state index in [4.69, 9.17) is 9.72 Å². The third-order valence-corrected chi connectivity index (χ3v) is 7.34. The number of rotatable bonds is 8. The molecule has 180 valence electrons. The van der Waals surface area contributed by atoms with Crippen molar-refractivity contribution in [1.29, 1.82) is 0 Å². The van der Waals surface area contributed by atoms with Crippen LogP contribution in [0.1, 0.15) is 19.3 Å². The maximum Gasteiger partial charge on any atom is 0.227 e. The lowest BCUT2D eigenvalue weighted by atomic mass is 10.0. The summed E-state index contributed by atoms with van der Waals surface area (Å²) in [4.78, 5) is 9.51. The number of sulfone groups is 1. The molecule has 0 aliphatic carbocycles. The summed E-state index contributed by atoms with van der Waals surface area (Å²) in [6, 6.07) is 21.1. The molecule has 0 bridgehead atoms. The van der Waals surface area contributed by atoms with Gasteiger partial charge in [-0.1, -0.05) is 30.3 Å². The molecule has 1 aromatic heterocycles. The fraction of sp³-hybridized carbons (Fsp3) is 0.259. The summed E-state index contributed by atoms with van der Waals surface area (Å²) >= 11 is 0. The van der Waals surface area contributed by atoms with Crippen molar-refractivity contribution in [1.82, 2.24) is 15.3 Å². The summed E-state index contributed by atoms with van der Waals surface area (Å²) < 4.78 is 29.5. The minimum Gasteiger partial charge on any atom is -0.494 e. The van der Waals surface area contributed by atoms with E-state index in [1.165, 1.54) is 19.1 Å². The molecule has 8 heteroatoms. The van der Waals surface area contributed by atoms with Gasteiger partial charge in [0.15, 0.2) is 9.84 Å². The SMILES string of the molecule is CS(=O)(=O)c1ccc(-c2cccc3cnc(Nc4ccc(OCCC5CCCN5)cc4)nc23)cc1. The molecule has 7 nitrogen and oxygen atoms in total. The molecule has 1 aliphatic rings. The van der Waals surface area contributed by atoms with Gasteiger partial charge in [-0.05, 0) is 67.8 Å². The lowest BCUT2D eigenvalue weighted by Gasteiger charge is -2.12. The van der Waals surface area contributed by atoms with Gasteiger partial charge < -0.3 is 15.4 Å². The van der Waals surface area contributed by atoms with Gasteiger partial charge in [0.1, 0.15) is 5.75 Å². The number of aromatic nitrogens is 2. The Labute approximate surface area is 205 Å². The van der Waals surface area contributed by atoms with Crippen LogP contribution in [0.25, 0.3) is 22.0 Å². The number of hydrogen-bond donors (Lipinski definition) is 2. The summed E-state index contributed by atoms with van der Waals surface area (Å²) in [7, 11) is -3.25. The van der Waals surface area contributed by atoms with Crippen LogP contribution in [0.15, 0.2) is 77.8 Å². The lowest BCUT2D eigenvalue weighted by molar-refractivity contribution is 0.292. The average Bonchev–Trinajstić information content (AvgIpc) is 3.38. The highest BCUT2D eigenvalue weighted by molar-refractivity contribution is 7.90. The fourth-order valence-corrected chi connectivity index (χ4v) is 4.95. The maximum absolute atomic E-state index is 11.8. The summed E-state index contributed by atoms with van der Waals surface area (Å²) in [6.45, 7) is 1.81. The zero-order valence-corrected chi connectivity index (χ0v) is 20.4. The Balaban J connectivity index is 1.31. The van der Waals surface area contributed by atoms with Gasteiger partial charge in [0.05, 0.1) is 17.0 Å². The first-order valence-corrected chi connectivity index (χ1v) is 13.6. The Hall–Kier alpha value is -3.49. The van der Waals surface area contributed by atoms with Crippen LogP contribution in [-0.2, 0) is 9.84 Å². The van der Waals surface area contributed by atoms with Crippen molar-refractivity contribution in [2.45, 2.75) is 30.2 Å². The Morgan fingerprint density at radius 2 is 1.86 bits per heavy atom. The molecule has 0 amide bonds. The molecule has 0 spiro atoms. The monoisotopic (exact) mass is 488 g/mol. The van der Waals surface area contributed by atoms with Gasteiger partial charge in [0.2, 0.25) is 5.95 Å². The average molecular weight is 489 g/mol. The summed E-state index contributed by atoms with van der Waals surface area (Å²) in [5.74, 6) is 1.33. The minimum atomic E-state index is -3.25. The second kappa shape index (κ2) is 10.0. The molecule has 4 aromatic rings. The second-order valence-corrected chi connectivity index (χ2v) is 10.8. The molecule has 2 N–H and O–H groups in total. The molecule has 1 atom stereocenters. The third-order valence-electron chi connectivity index (χ3n) is 6.21. The normalized spacial score (nSPS) is 15.9. The van der Waals surface area contributed by atoms with Crippen LogP contribution in [0.3, 0.4) is 0 Å². The molecule has 0 radical (unpaired) electrons. The van der Waals surface area contributed by atoms with E-state index in [1.54, 1.807) is 18.3 Å². The Kier molecular flexibility index (Phi) is 6.66. The van der Waals surface area contributed by atoms with Crippen LogP contribution in [0, 0.1) is 0 Å². The van der Waals surface area contributed by atoms with Crippen molar-refractivity contribution in [3.63, 3.8) is 0 Å². The lowest BCUT2D eigenvalue weighted by Crippen LogP contribution is -2.23. The van der Waals surface area contributed by atoms with Crippen LogP contribution in [0.5, 0.6) is 5.75 Å². The van der Waals surface area contributed by atoms with Crippen LogP contribution in [0.2, 0.25) is 0 Å². The van der Waals surface area contributed by atoms with E-state index in [0.29, 0.717) is 23.5 Å². The number of nitrogens with one attached hydrogen (secondary N) is 2. The van der Waals surface area contributed by atoms with Gasteiger partial charge in [-0.15, -0.1) is 0 Å². The number of nitrogens with zero attached hydrogens (tertiary/aromatic N) is 2. The molecule has 3 aromatic carbocycles. The molecule has 1 aliphatic heterocycles. The molecular formula is C27H28N4O3S. The smallest absolute Gasteiger partial charge is 0.227 e. The van der Waals surface area contributed by atoms with Gasteiger partial charge in [-0.2, -0.15) is 0 Å². The fourth-order valence-electron chi connectivity index (χ4n) is 4.32. The molecule has 35 heavy (non-hydrogen) atoms. The first-order chi connectivity index (χ1) is 17.0.